The fourth-order valence-electron chi connectivity index (χ4n) is 0.859. The molecule has 7 heteroatoms. The summed E-state index contributed by atoms with van der Waals surface area (Å²) in [6, 6.07) is 3.17. The summed E-state index contributed by atoms with van der Waals surface area (Å²) in [5, 5.41) is 18.6. The smallest absolute Gasteiger partial charge is 0.376 e. The predicted molar refractivity (Wildman–Crippen MR) is 38.4 cm³/mol. The fraction of sp³-hybridized carbons (Fsp3) is 0. The summed E-state index contributed by atoms with van der Waals surface area (Å²) >= 11 is 0. The van der Waals surface area contributed by atoms with E-state index >= 15 is 0 Å². The van der Waals surface area contributed by atoms with Crippen LogP contribution in [0.15, 0.2) is 22.8 Å². The zero-order valence-electron chi connectivity index (χ0n) is 6.28. The molecule has 0 aliphatic rings. The first-order chi connectivity index (χ1) is 6.29. The number of rotatable bonds is 2. The molecular formula is C6H4N4O3. The van der Waals surface area contributed by atoms with Crippen LogP contribution in [0, 0.1) is 0 Å². The molecule has 0 radical (unpaired) electrons. The van der Waals surface area contributed by atoms with Gasteiger partial charge in [0.15, 0.2) is 0 Å². The molecule has 7 nitrogen and oxygen atoms in total. The molecule has 0 atom stereocenters. The van der Waals surface area contributed by atoms with Crippen LogP contribution in [0.1, 0.15) is 10.6 Å². The van der Waals surface area contributed by atoms with E-state index in [4.69, 9.17) is 9.52 Å². The summed E-state index contributed by atoms with van der Waals surface area (Å²) in [7, 11) is 0. The van der Waals surface area contributed by atoms with E-state index in [2.05, 4.69) is 15.5 Å². The van der Waals surface area contributed by atoms with Gasteiger partial charge in [-0.25, -0.2) is 4.79 Å². The maximum Gasteiger partial charge on any atom is 0.376 e. The van der Waals surface area contributed by atoms with Gasteiger partial charge in [0.1, 0.15) is 0 Å². The van der Waals surface area contributed by atoms with Gasteiger partial charge in [0.25, 0.3) is 5.82 Å². The van der Waals surface area contributed by atoms with Crippen LogP contribution < -0.4 is 0 Å². The second kappa shape index (κ2) is 2.70. The highest BCUT2D eigenvalue weighted by Crippen LogP contribution is 2.07. The second-order valence-electron chi connectivity index (χ2n) is 2.17. The first-order valence-corrected chi connectivity index (χ1v) is 3.34. The largest absolute Gasteiger partial charge is 0.475 e. The van der Waals surface area contributed by atoms with Gasteiger partial charge in [-0.2, -0.15) is 4.68 Å². The maximum atomic E-state index is 10.6. The summed E-state index contributed by atoms with van der Waals surface area (Å²) in [6.07, 6.45) is 1.41. The van der Waals surface area contributed by atoms with Crippen molar-refractivity contribution in [1.29, 1.82) is 0 Å². The monoisotopic (exact) mass is 180 g/mol. The third-order valence-electron chi connectivity index (χ3n) is 1.38. The van der Waals surface area contributed by atoms with Crippen molar-refractivity contribution in [1.82, 2.24) is 20.2 Å². The van der Waals surface area contributed by atoms with Crippen molar-refractivity contribution in [3.63, 3.8) is 0 Å². The number of carboxylic acid groups (broad SMARTS) is 1. The highest BCUT2D eigenvalue weighted by Gasteiger charge is 2.16. The van der Waals surface area contributed by atoms with Gasteiger partial charge in [-0.05, 0) is 16.5 Å². The standard InChI is InChI=1S/C6H4N4O3/c11-6(12)5-7-8-9-10(5)4-2-1-3-13-4/h1-3H,(H,11,12). The molecule has 0 fully saturated rings. The van der Waals surface area contributed by atoms with Crippen LogP contribution >= 0.6 is 0 Å². The van der Waals surface area contributed by atoms with E-state index in [9.17, 15) is 4.79 Å². The van der Waals surface area contributed by atoms with E-state index in [0.717, 1.165) is 4.68 Å². The van der Waals surface area contributed by atoms with Gasteiger partial charge >= 0.3 is 5.97 Å². The summed E-state index contributed by atoms with van der Waals surface area (Å²) < 4.78 is 5.93. The summed E-state index contributed by atoms with van der Waals surface area (Å²) in [4.78, 5) is 10.6. The Morgan fingerprint density at radius 3 is 3.08 bits per heavy atom. The number of hydrogen-bond donors (Lipinski definition) is 1. The lowest BCUT2D eigenvalue weighted by Crippen LogP contribution is -2.08. The second-order valence-corrected chi connectivity index (χ2v) is 2.17. The Balaban J connectivity index is 2.52. The Kier molecular flexibility index (Phi) is 1.55. The Morgan fingerprint density at radius 2 is 2.46 bits per heavy atom. The van der Waals surface area contributed by atoms with Crippen molar-refractivity contribution in [3.8, 4) is 5.88 Å². The van der Waals surface area contributed by atoms with Crippen molar-refractivity contribution in [2.24, 2.45) is 0 Å². The van der Waals surface area contributed by atoms with Gasteiger partial charge < -0.3 is 9.52 Å². The Hall–Kier alpha value is -2.18. The van der Waals surface area contributed by atoms with E-state index in [1.54, 1.807) is 12.1 Å². The van der Waals surface area contributed by atoms with Crippen LogP contribution in [0.3, 0.4) is 0 Å². The molecule has 2 rings (SSSR count). The van der Waals surface area contributed by atoms with E-state index in [-0.39, 0.29) is 11.7 Å². The Morgan fingerprint density at radius 1 is 1.62 bits per heavy atom. The molecule has 0 saturated carbocycles. The minimum atomic E-state index is -1.21. The van der Waals surface area contributed by atoms with Gasteiger partial charge in [-0.1, -0.05) is 0 Å². The Bertz CT molecular complexity index is 419. The average Bonchev–Trinajstić information content (AvgIpc) is 2.74. The fourth-order valence-corrected chi connectivity index (χ4v) is 0.859. The van der Waals surface area contributed by atoms with E-state index < -0.39 is 5.97 Å². The molecule has 0 bridgehead atoms. The molecule has 2 aromatic heterocycles. The highest BCUT2D eigenvalue weighted by molar-refractivity contribution is 5.83. The van der Waals surface area contributed by atoms with Crippen LogP contribution in [0.2, 0.25) is 0 Å². The molecule has 1 N–H and O–H groups in total. The quantitative estimate of drug-likeness (QED) is 0.696. The average molecular weight is 180 g/mol. The minimum absolute atomic E-state index is 0.266. The third kappa shape index (κ3) is 1.15. The lowest BCUT2D eigenvalue weighted by Gasteiger charge is -1.93. The number of nitrogens with zero attached hydrogens (tertiary/aromatic N) is 4. The van der Waals surface area contributed by atoms with Crippen molar-refractivity contribution in [3.05, 3.63) is 24.2 Å². The van der Waals surface area contributed by atoms with Crippen molar-refractivity contribution in [2.45, 2.75) is 0 Å². The summed E-state index contributed by atoms with van der Waals surface area (Å²) in [5.41, 5.74) is 0. The molecule has 0 amide bonds. The van der Waals surface area contributed by atoms with E-state index in [0.29, 0.717) is 0 Å². The molecule has 0 aliphatic heterocycles. The number of aromatic carboxylic acids is 1. The summed E-state index contributed by atoms with van der Waals surface area (Å²) in [5.74, 6) is -1.22. The van der Waals surface area contributed by atoms with Gasteiger partial charge in [0.05, 0.1) is 6.26 Å². The molecule has 0 saturated heterocycles. The number of carbonyl (C=O) groups is 1. The third-order valence-corrected chi connectivity index (χ3v) is 1.38. The van der Waals surface area contributed by atoms with Gasteiger partial charge in [-0.15, -0.1) is 5.10 Å². The molecule has 2 aromatic rings. The molecule has 13 heavy (non-hydrogen) atoms. The van der Waals surface area contributed by atoms with Crippen LogP contribution in [-0.2, 0) is 0 Å². The number of aromatic nitrogens is 4. The van der Waals surface area contributed by atoms with Crippen LogP contribution in [0.5, 0.6) is 0 Å². The van der Waals surface area contributed by atoms with Crippen molar-refractivity contribution >= 4 is 5.97 Å². The van der Waals surface area contributed by atoms with E-state index in [1.807, 2.05) is 0 Å². The zero-order valence-corrected chi connectivity index (χ0v) is 6.28. The first kappa shape index (κ1) is 7.47. The van der Waals surface area contributed by atoms with Gasteiger partial charge in [-0.3, -0.25) is 0 Å². The molecule has 0 aliphatic carbocycles. The molecule has 0 spiro atoms. The molecule has 66 valence electrons. The lowest BCUT2D eigenvalue weighted by atomic mass is 10.5. The number of tetrazole rings is 1. The topological polar surface area (TPSA) is 94.0 Å². The predicted octanol–water partition coefficient (Wildman–Crippen LogP) is -0.0465. The number of hydrogen-bond acceptors (Lipinski definition) is 5. The minimum Gasteiger partial charge on any atom is -0.475 e. The maximum absolute atomic E-state index is 10.6. The van der Waals surface area contributed by atoms with Crippen molar-refractivity contribution < 1.29 is 14.3 Å². The van der Waals surface area contributed by atoms with Crippen molar-refractivity contribution in [2.75, 3.05) is 0 Å². The van der Waals surface area contributed by atoms with Gasteiger partial charge in [0, 0.05) is 6.07 Å². The Labute approximate surface area is 71.6 Å². The molecular weight excluding hydrogens is 176 g/mol. The first-order valence-electron chi connectivity index (χ1n) is 3.34. The zero-order chi connectivity index (χ0) is 9.26. The number of furan rings is 1. The van der Waals surface area contributed by atoms with E-state index in [1.165, 1.54) is 6.26 Å². The molecule has 2 heterocycles. The SMILES string of the molecule is O=C(O)c1nnnn1-c1ccco1. The highest BCUT2D eigenvalue weighted by atomic mass is 16.4. The van der Waals surface area contributed by atoms with Crippen LogP contribution in [0.4, 0.5) is 0 Å². The number of carboxylic acids is 1. The molecule has 0 unspecified atom stereocenters. The lowest BCUT2D eigenvalue weighted by molar-refractivity contribution is 0.0679. The molecule has 0 aromatic carbocycles. The normalized spacial score (nSPS) is 10.2. The van der Waals surface area contributed by atoms with Crippen LogP contribution in [-0.4, -0.2) is 31.3 Å². The van der Waals surface area contributed by atoms with Crippen LogP contribution in [0.25, 0.3) is 5.88 Å². The van der Waals surface area contributed by atoms with Gasteiger partial charge in [0.2, 0.25) is 5.88 Å². The summed E-state index contributed by atoms with van der Waals surface area (Å²) in [6.45, 7) is 0.